The summed E-state index contributed by atoms with van der Waals surface area (Å²) in [7, 11) is 0. The van der Waals surface area contributed by atoms with Crippen LogP contribution in [0.25, 0.3) is 11.3 Å². The van der Waals surface area contributed by atoms with Gasteiger partial charge in [-0.15, -0.1) is 23.1 Å². The van der Waals surface area contributed by atoms with Crippen molar-refractivity contribution in [2.75, 3.05) is 11.1 Å². The molecule has 0 fully saturated rings. The topological polar surface area (TPSA) is 54.9 Å². The van der Waals surface area contributed by atoms with Crippen molar-refractivity contribution in [1.82, 2.24) is 9.97 Å². The van der Waals surface area contributed by atoms with Gasteiger partial charge in [-0.05, 0) is 30.3 Å². The first-order valence-corrected chi connectivity index (χ1v) is 9.34. The zero-order valence-electron chi connectivity index (χ0n) is 12.9. The van der Waals surface area contributed by atoms with Crippen LogP contribution >= 0.6 is 23.1 Å². The molecule has 0 atom stereocenters. The number of carbonyl (C=O) groups excluding carboxylic acids is 1. The molecule has 1 aromatic carbocycles. The summed E-state index contributed by atoms with van der Waals surface area (Å²) in [6.45, 7) is 0. The van der Waals surface area contributed by atoms with Crippen molar-refractivity contribution >= 4 is 34.1 Å². The Hall–Kier alpha value is -2.32. The molecular formula is C17H13F2N3OS2. The summed E-state index contributed by atoms with van der Waals surface area (Å²) in [4.78, 5) is 20.3. The highest BCUT2D eigenvalue weighted by atomic mass is 32.2. The number of nitrogens with one attached hydrogen (secondary N) is 1. The number of pyridine rings is 1. The third kappa shape index (κ3) is 4.83. The predicted octanol–water partition coefficient (Wildman–Crippen LogP) is 4.36. The van der Waals surface area contributed by atoms with Gasteiger partial charge in [0.15, 0.2) is 5.13 Å². The van der Waals surface area contributed by atoms with Crippen molar-refractivity contribution in [1.29, 1.82) is 0 Å². The van der Waals surface area contributed by atoms with E-state index in [4.69, 9.17) is 0 Å². The van der Waals surface area contributed by atoms with E-state index in [9.17, 15) is 13.6 Å². The second kappa shape index (κ2) is 8.17. The summed E-state index contributed by atoms with van der Waals surface area (Å²) in [5.41, 5.74) is 1.26. The normalized spacial score (nSPS) is 10.6. The van der Waals surface area contributed by atoms with Gasteiger partial charge in [0.1, 0.15) is 11.6 Å². The van der Waals surface area contributed by atoms with Crippen LogP contribution in [-0.2, 0) is 10.5 Å². The highest BCUT2D eigenvalue weighted by Crippen LogP contribution is 2.27. The second-order valence-electron chi connectivity index (χ2n) is 5.02. The van der Waals surface area contributed by atoms with Gasteiger partial charge in [0.2, 0.25) is 5.91 Å². The average molecular weight is 377 g/mol. The van der Waals surface area contributed by atoms with Crippen molar-refractivity contribution < 1.29 is 13.6 Å². The minimum Gasteiger partial charge on any atom is -0.301 e. The Bertz CT molecular complexity index is 871. The molecule has 0 bridgehead atoms. The van der Waals surface area contributed by atoms with Crippen molar-refractivity contribution in [3.05, 3.63) is 65.3 Å². The number of hydrogen-bond donors (Lipinski definition) is 1. The van der Waals surface area contributed by atoms with Gasteiger partial charge in [0.25, 0.3) is 0 Å². The van der Waals surface area contributed by atoms with Crippen LogP contribution in [0.5, 0.6) is 0 Å². The fourth-order valence-electron chi connectivity index (χ4n) is 2.04. The van der Waals surface area contributed by atoms with Gasteiger partial charge in [0.05, 0.1) is 17.1 Å². The van der Waals surface area contributed by atoms with Gasteiger partial charge < -0.3 is 5.32 Å². The Labute approximate surface area is 151 Å². The van der Waals surface area contributed by atoms with Gasteiger partial charge in [-0.2, -0.15) is 0 Å². The van der Waals surface area contributed by atoms with Crippen molar-refractivity contribution in [2.45, 2.75) is 5.75 Å². The second-order valence-corrected chi connectivity index (χ2v) is 6.87. The number of thioether (sulfide) groups is 1. The molecule has 128 valence electrons. The monoisotopic (exact) mass is 377 g/mol. The fourth-order valence-corrected chi connectivity index (χ4v) is 3.50. The van der Waals surface area contributed by atoms with Crippen molar-refractivity contribution in [3.8, 4) is 11.3 Å². The number of nitrogens with zero attached hydrogens (tertiary/aromatic N) is 2. The molecule has 0 aliphatic rings. The first kappa shape index (κ1) is 17.5. The van der Waals surface area contributed by atoms with Gasteiger partial charge >= 0.3 is 0 Å². The maximum absolute atomic E-state index is 13.8. The van der Waals surface area contributed by atoms with Crippen molar-refractivity contribution in [2.24, 2.45) is 0 Å². The highest BCUT2D eigenvalue weighted by Gasteiger charge is 2.12. The van der Waals surface area contributed by atoms with Crippen LogP contribution in [0.1, 0.15) is 5.69 Å². The van der Waals surface area contributed by atoms with Gasteiger partial charge in [-0.3, -0.25) is 9.78 Å². The van der Waals surface area contributed by atoms with E-state index in [-0.39, 0.29) is 17.2 Å². The lowest BCUT2D eigenvalue weighted by molar-refractivity contribution is -0.113. The molecule has 25 heavy (non-hydrogen) atoms. The van der Waals surface area contributed by atoms with E-state index in [0.717, 1.165) is 35.2 Å². The Morgan fingerprint density at radius 1 is 1.24 bits per heavy atom. The van der Waals surface area contributed by atoms with Crippen LogP contribution in [0.2, 0.25) is 0 Å². The Morgan fingerprint density at radius 2 is 2.12 bits per heavy atom. The van der Waals surface area contributed by atoms with Crippen LogP contribution in [0, 0.1) is 11.6 Å². The van der Waals surface area contributed by atoms with E-state index in [2.05, 4.69) is 15.3 Å². The summed E-state index contributed by atoms with van der Waals surface area (Å²) < 4.78 is 27.0. The number of benzene rings is 1. The van der Waals surface area contributed by atoms with Crippen LogP contribution in [0.3, 0.4) is 0 Å². The number of anilines is 1. The molecule has 0 radical (unpaired) electrons. The zero-order chi connectivity index (χ0) is 17.6. The zero-order valence-corrected chi connectivity index (χ0v) is 14.5. The Morgan fingerprint density at radius 3 is 2.92 bits per heavy atom. The summed E-state index contributed by atoms with van der Waals surface area (Å²) in [5.74, 6) is -0.427. The molecule has 0 saturated heterocycles. The Balaban J connectivity index is 1.56. The van der Waals surface area contributed by atoms with Gasteiger partial charge in [-0.25, -0.2) is 13.8 Å². The lowest BCUT2D eigenvalue weighted by Crippen LogP contribution is -2.14. The molecule has 1 N–H and O–H groups in total. The number of amides is 1. The molecule has 2 heterocycles. The summed E-state index contributed by atoms with van der Waals surface area (Å²) >= 11 is 2.60. The number of aromatic nitrogens is 2. The SMILES string of the molecule is O=C(CSCc1ccccn1)Nc1nc(-c2cc(F)ccc2F)cs1. The first-order valence-electron chi connectivity index (χ1n) is 7.30. The summed E-state index contributed by atoms with van der Waals surface area (Å²) in [6.07, 6.45) is 1.71. The molecule has 4 nitrogen and oxygen atoms in total. The summed E-state index contributed by atoms with van der Waals surface area (Å²) in [5, 5.41) is 4.59. The number of carbonyl (C=O) groups is 1. The number of halogens is 2. The molecule has 0 aliphatic heterocycles. The minimum atomic E-state index is -0.560. The number of rotatable bonds is 6. The molecule has 0 aliphatic carbocycles. The predicted molar refractivity (Wildman–Crippen MR) is 96.5 cm³/mol. The fraction of sp³-hybridized carbons (Fsp3) is 0.118. The van der Waals surface area contributed by atoms with E-state index < -0.39 is 11.6 Å². The minimum absolute atomic E-state index is 0.0706. The van der Waals surface area contributed by atoms with Gasteiger partial charge in [-0.1, -0.05) is 6.07 Å². The van der Waals surface area contributed by atoms with Crippen molar-refractivity contribution in [3.63, 3.8) is 0 Å². The first-order chi connectivity index (χ1) is 12.1. The largest absolute Gasteiger partial charge is 0.301 e. The van der Waals surface area contributed by atoms with E-state index >= 15 is 0 Å². The molecule has 1 amide bonds. The van der Waals surface area contributed by atoms with E-state index in [0.29, 0.717) is 16.6 Å². The molecule has 3 aromatic rings. The van der Waals surface area contributed by atoms with Crippen LogP contribution in [-0.4, -0.2) is 21.6 Å². The molecule has 2 aromatic heterocycles. The van der Waals surface area contributed by atoms with E-state index in [1.165, 1.54) is 11.8 Å². The van der Waals surface area contributed by atoms with Crippen LogP contribution < -0.4 is 5.32 Å². The molecule has 8 heteroatoms. The lowest BCUT2D eigenvalue weighted by atomic mass is 10.1. The number of thiazole rings is 1. The molecule has 0 spiro atoms. The summed E-state index contributed by atoms with van der Waals surface area (Å²) in [6, 6.07) is 8.81. The highest BCUT2D eigenvalue weighted by molar-refractivity contribution is 7.99. The third-order valence-electron chi connectivity index (χ3n) is 3.16. The maximum atomic E-state index is 13.8. The van der Waals surface area contributed by atoms with Crippen LogP contribution in [0.15, 0.2) is 48.0 Å². The molecular weight excluding hydrogens is 364 g/mol. The molecule has 3 rings (SSSR count). The van der Waals surface area contributed by atoms with E-state index in [1.807, 2.05) is 18.2 Å². The van der Waals surface area contributed by atoms with E-state index in [1.54, 1.807) is 11.6 Å². The third-order valence-corrected chi connectivity index (χ3v) is 4.89. The molecule has 0 unspecified atom stereocenters. The molecule has 0 saturated carbocycles. The Kier molecular flexibility index (Phi) is 5.72. The average Bonchev–Trinajstić information content (AvgIpc) is 3.06. The smallest absolute Gasteiger partial charge is 0.236 e. The number of hydrogen-bond acceptors (Lipinski definition) is 5. The lowest BCUT2D eigenvalue weighted by Gasteiger charge is -2.02. The maximum Gasteiger partial charge on any atom is 0.236 e. The van der Waals surface area contributed by atoms with Gasteiger partial charge in [0, 0.05) is 22.9 Å². The van der Waals surface area contributed by atoms with Crippen LogP contribution in [0.4, 0.5) is 13.9 Å². The standard InChI is InChI=1S/C17H13F2N3OS2/c18-11-4-5-14(19)13(7-11)15-9-25-17(21-15)22-16(23)10-24-8-12-3-1-2-6-20-12/h1-7,9H,8,10H2,(H,21,22,23). The quantitative estimate of drug-likeness (QED) is 0.694.